The van der Waals surface area contributed by atoms with Crippen LogP contribution in [0.2, 0.25) is 0 Å². The molecule has 0 fully saturated rings. The molecule has 0 unspecified atom stereocenters. The second-order valence-corrected chi connectivity index (χ2v) is 7.28. The van der Waals surface area contributed by atoms with Gasteiger partial charge in [-0.1, -0.05) is 37.3 Å². The van der Waals surface area contributed by atoms with Gasteiger partial charge in [-0.25, -0.2) is 4.98 Å². The van der Waals surface area contributed by atoms with Crippen LogP contribution in [0, 0.1) is 0 Å². The summed E-state index contributed by atoms with van der Waals surface area (Å²) in [6.45, 7) is 2.79. The summed E-state index contributed by atoms with van der Waals surface area (Å²) in [4.78, 5) is 17.1. The standard InChI is InChI=1S/C23H20N2O2S/c1-2-13-27-20-11-9-17(10-12-20)21-15-28-23(24-21)25-22(26)19-8-7-16-5-3-4-6-18(16)14-19/h3-12,14-15H,2,13H2,1H3,(H,24,25,26). The van der Waals surface area contributed by atoms with Gasteiger partial charge in [0.05, 0.1) is 12.3 Å². The van der Waals surface area contributed by atoms with Gasteiger partial charge in [-0.2, -0.15) is 0 Å². The van der Waals surface area contributed by atoms with Crippen LogP contribution in [0.15, 0.2) is 72.1 Å². The van der Waals surface area contributed by atoms with E-state index in [1.54, 1.807) is 0 Å². The van der Waals surface area contributed by atoms with E-state index in [9.17, 15) is 4.79 Å². The van der Waals surface area contributed by atoms with Crippen molar-refractivity contribution >= 4 is 33.1 Å². The first kappa shape index (κ1) is 18.2. The van der Waals surface area contributed by atoms with Gasteiger partial charge in [-0.15, -0.1) is 11.3 Å². The van der Waals surface area contributed by atoms with Crippen LogP contribution in [0.3, 0.4) is 0 Å². The van der Waals surface area contributed by atoms with Crippen molar-refractivity contribution < 1.29 is 9.53 Å². The van der Waals surface area contributed by atoms with Crippen LogP contribution < -0.4 is 10.1 Å². The molecule has 1 amide bonds. The second-order valence-electron chi connectivity index (χ2n) is 6.43. The second kappa shape index (κ2) is 8.23. The Balaban J connectivity index is 1.47. The highest BCUT2D eigenvalue weighted by molar-refractivity contribution is 7.14. The molecule has 1 N–H and O–H groups in total. The minimum Gasteiger partial charge on any atom is -0.494 e. The van der Waals surface area contributed by atoms with Crippen molar-refractivity contribution in [3.63, 3.8) is 0 Å². The molecule has 140 valence electrons. The molecular formula is C23H20N2O2S. The zero-order valence-electron chi connectivity index (χ0n) is 15.5. The molecule has 0 saturated carbocycles. The van der Waals surface area contributed by atoms with E-state index < -0.39 is 0 Å². The van der Waals surface area contributed by atoms with E-state index in [0.717, 1.165) is 34.2 Å². The van der Waals surface area contributed by atoms with Crippen LogP contribution in [0.1, 0.15) is 23.7 Å². The van der Waals surface area contributed by atoms with Gasteiger partial charge >= 0.3 is 0 Å². The molecule has 4 aromatic rings. The molecule has 3 aromatic carbocycles. The Labute approximate surface area is 167 Å². The third-order valence-electron chi connectivity index (χ3n) is 4.36. The fraction of sp³-hybridized carbons (Fsp3) is 0.130. The average Bonchev–Trinajstić information content (AvgIpc) is 3.20. The number of thiazole rings is 1. The maximum absolute atomic E-state index is 12.6. The lowest BCUT2D eigenvalue weighted by atomic mass is 10.1. The molecule has 0 saturated heterocycles. The Hall–Kier alpha value is -3.18. The van der Waals surface area contributed by atoms with Crippen molar-refractivity contribution in [1.82, 2.24) is 4.98 Å². The highest BCUT2D eigenvalue weighted by Crippen LogP contribution is 2.27. The highest BCUT2D eigenvalue weighted by Gasteiger charge is 2.11. The molecule has 0 atom stereocenters. The molecule has 1 heterocycles. The molecule has 4 nitrogen and oxygen atoms in total. The number of carbonyl (C=O) groups excluding carboxylic acids is 1. The summed E-state index contributed by atoms with van der Waals surface area (Å²) in [5, 5.41) is 7.58. The number of nitrogens with one attached hydrogen (secondary N) is 1. The first-order valence-corrected chi connectivity index (χ1v) is 10.1. The molecule has 28 heavy (non-hydrogen) atoms. The third-order valence-corrected chi connectivity index (χ3v) is 5.12. The molecule has 1 aromatic heterocycles. The first-order valence-electron chi connectivity index (χ1n) is 9.22. The van der Waals surface area contributed by atoms with Gasteiger partial charge in [-0.3, -0.25) is 10.1 Å². The van der Waals surface area contributed by atoms with E-state index >= 15 is 0 Å². The summed E-state index contributed by atoms with van der Waals surface area (Å²) < 4.78 is 5.61. The number of ether oxygens (including phenoxy) is 1. The van der Waals surface area contributed by atoms with E-state index in [1.807, 2.05) is 72.1 Å². The Kier molecular flexibility index (Phi) is 5.35. The predicted molar refractivity (Wildman–Crippen MR) is 115 cm³/mol. The van der Waals surface area contributed by atoms with Gasteiger partial charge in [0.1, 0.15) is 5.75 Å². The molecule has 0 aliphatic rings. The topological polar surface area (TPSA) is 51.2 Å². The maximum Gasteiger partial charge on any atom is 0.257 e. The van der Waals surface area contributed by atoms with Gasteiger partial charge in [0, 0.05) is 16.5 Å². The van der Waals surface area contributed by atoms with E-state index in [4.69, 9.17) is 4.74 Å². The van der Waals surface area contributed by atoms with Crippen molar-refractivity contribution in [2.24, 2.45) is 0 Å². The lowest BCUT2D eigenvalue weighted by Crippen LogP contribution is -2.11. The van der Waals surface area contributed by atoms with Crippen LogP contribution in [0.25, 0.3) is 22.0 Å². The Morgan fingerprint density at radius 2 is 1.82 bits per heavy atom. The predicted octanol–water partition coefficient (Wildman–Crippen LogP) is 6.00. The van der Waals surface area contributed by atoms with Crippen LogP contribution in [-0.2, 0) is 0 Å². The molecule has 0 spiro atoms. The van der Waals surface area contributed by atoms with Crippen LogP contribution in [0.4, 0.5) is 5.13 Å². The van der Waals surface area contributed by atoms with Crippen molar-refractivity contribution in [1.29, 1.82) is 0 Å². The normalized spacial score (nSPS) is 10.8. The lowest BCUT2D eigenvalue weighted by molar-refractivity contribution is 0.102. The Morgan fingerprint density at radius 3 is 2.61 bits per heavy atom. The molecule has 0 aliphatic carbocycles. The lowest BCUT2D eigenvalue weighted by Gasteiger charge is -2.05. The van der Waals surface area contributed by atoms with E-state index in [0.29, 0.717) is 17.3 Å². The maximum atomic E-state index is 12.6. The van der Waals surface area contributed by atoms with E-state index in [1.165, 1.54) is 11.3 Å². The molecular weight excluding hydrogens is 368 g/mol. The zero-order chi connectivity index (χ0) is 19.3. The largest absolute Gasteiger partial charge is 0.494 e. The van der Waals surface area contributed by atoms with Crippen LogP contribution in [0.5, 0.6) is 5.75 Å². The van der Waals surface area contributed by atoms with Gasteiger partial charge < -0.3 is 4.74 Å². The van der Waals surface area contributed by atoms with Gasteiger partial charge in [-0.05, 0) is 53.6 Å². The first-order chi connectivity index (χ1) is 13.7. The van der Waals surface area contributed by atoms with Crippen LogP contribution >= 0.6 is 11.3 Å². The molecule has 5 heteroatoms. The number of benzene rings is 3. The molecule has 0 radical (unpaired) electrons. The molecule has 0 bridgehead atoms. The monoisotopic (exact) mass is 388 g/mol. The number of anilines is 1. The van der Waals surface area contributed by atoms with Crippen molar-refractivity contribution in [3.05, 3.63) is 77.7 Å². The highest BCUT2D eigenvalue weighted by atomic mass is 32.1. The fourth-order valence-electron chi connectivity index (χ4n) is 2.91. The summed E-state index contributed by atoms with van der Waals surface area (Å²) in [5.74, 6) is 0.695. The number of hydrogen-bond acceptors (Lipinski definition) is 4. The zero-order valence-corrected chi connectivity index (χ0v) is 16.3. The number of rotatable bonds is 6. The molecule has 0 aliphatic heterocycles. The summed E-state index contributed by atoms with van der Waals surface area (Å²) in [5.41, 5.74) is 2.44. The van der Waals surface area contributed by atoms with E-state index in [-0.39, 0.29) is 5.91 Å². The fourth-order valence-corrected chi connectivity index (χ4v) is 3.62. The number of hydrogen-bond donors (Lipinski definition) is 1. The third kappa shape index (κ3) is 4.05. The molecule has 4 rings (SSSR count). The number of carbonyl (C=O) groups is 1. The minimum absolute atomic E-state index is 0.157. The number of nitrogens with zero attached hydrogens (tertiary/aromatic N) is 1. The van der Waals surface area contributed by atoms with Crippen molar-refractivity contribution in [2.45, 2.75) is 13.3 Å². The number of aromatic nitrogens is 1. The average molecular weight is 388 g/mol. The number of fused-ring (bicyclic) bond motifs is 1. The van der Waals surface area contributed by atoms with E-state index in [2.05, 4.69) is 17.2 Å². The summed E-state index contributed by atoms with van der Waals surface area (Å²) in [6, 6.07) is 21.5. The summed E-state index contributed by atoms with van der Waals surface area (Å²) >= 11 is 1.41. The van der Waals surface area contributed by atoms with Crippen molar-refractivity contribution in [3.8, 4) is 17.0 Å². The van der Waals surface area contributed by atoms with Gasteiger partial charge in [0.25, 0.3) is 5.91 Å². The van der Waals surface area contributed by atoms with Gasteiger partial charge in [0.2, 0.25) is 0 Å². The smallest absolute Gasteiger partial charge is 0.257 e. The summed E-state index contributed by atoms with van der Waals surface area (Å²) in [7, 11) is 0. The number of amides is 1. The Bertz CT molecular complexity index is 1100. The van der Waals surface area contributed by atoms with Crippen molar-refractivity contribution in [2.75, 3.05) is 11.9 Å². The Morgan fingerprint density at radius 1 is 1.04 bits per heavy atom. The quantitative estimate of drug-likeness (QED) is 0.440. The van der Waals surface area contributed by atoms with Gasteiger partial charge in [0.15, 0.2) is 5.13 Å². The SMILES string of the molecule is CCCOc1ccc(-c2csc(NC(=O)c3ccc4ccccc4c3)n2)cc1. The summed E-state index contributed by atoms with van der Waals surface area (Å²) in [6.07, 6.45) is 0.980. The minimum atomic E-state index is -0.157. The van der Waals surface area contributed by atoms with Crippen LogP contribution in [-0.4, -0.2) is 17.5 Å².